The third kappa shape index (κ3) is 4.65. The molecule has 0 aliphatic rings. The molecule has 0 aliphatic heterocycles. The zero-order chi connectivity index (χ0) is 14.5. The Morgan fingerprint density at radius 1 is 1.37 bits per heavy atom. The van der Waals surface area contributed by atoms with Gasteiger partial charge in [0.1, 0.15) is 5.82 Å². The molecule has 19 heavy (non-hydrogen) atoms. The van der Waals surface area contributed by atoms with Crippen molar-refractivity contribution in [1.29, 1.82) is 0 Å². The lowest BCUT2D eigenvalue weighted by Crippen LogP contribution is -2.33. The number of alkyl halides is 3. The second-order valence-electron chi connectivity index (χ2n) is 4.11. The van der Waals surface area contributed by atoms with Crippen LogP contribution >= 0.6 is 15.9 Å². The first-order valence-corrected chi connectivity index (χ1v) is 6.81. The van der Waals surface area contributed by atoms with Crippen LogP contribution in [-0.2, 0) is 6.18 Å². The van der Waals surface area contributed by atoms with E-state index in [1.807, 2.05) is 6.92 Å². The Hall–Kier alpha value is -0.820. The Bertz CT molecular complexity index is 410. The Kier molecular flexibility index (Phi) is 6.06. The quantitative estimate of drug-likeness (QED) is 0.861. The van der Waals surface area contributed by atoms with E-state index in [0.29, 0.717) is 24.1 Å². The number of nitrogens with zero attached hydrogens (tertiary/aromatic N) is 2. The van der Waals surface area contributed by atoms with E-state index in [0.717, 1.165) is 12.5 Å². The van der Waals surface area contributed by atoms with Crippen LogP contribution in [0, 0.1) is 0 Å². The van der Waals surface area contributed by atoms with E-state index in [9.17, 15) is 13.2 Å². The Morgan fingerprint density at radius 2 is 2.05 bits per heavy atom. The van der Waals surface area contributed by atoms with Gasteiger partial charge in [0, 0.05) is 30.3 Å². The van der Waals surface area contributed by atoms with Gasteiger partial charge in [0.2, 0.25) is 0 Å². The van der Waals surface area contributed by atoms with Gasteiger partial charge in [-0.25, -0.2) is 4.98 Å². The summed E-state index contributed by atoms with van der Waals surface area (Å²) in [5.41, 5.74) is -0.702. The highest BCUT2D eigenvalue weighted by atomic mass is 79.9. The van der Waals surface area contributed by atoms with Crippen LogP contribution in [0.15, 0.2) is 16.7 Å². The second-order valence-corrected chi connectivity index (χ2v) is 5.03. The van der Waals surface area contributed by atoms with Crippen LogP contribution in [0.2, 0.25) is 0 Å². The van der Waals surface area contributed by atoms with Gasteiger partial charge in [0.15, 0.2) is 0 Å². The van der Waals surface area contributed by atoms with Gasteiger partial charge in [-0.3, -0.25) is 0 Å². The van der Waals surface area contributed by atoms with Crippen molar-refractivity contribution in [3.63, 3.8) is 0 Å². The lowest BCUT2D eigenvalue weighted by molar-refractivity contribution is -0.137. The van der Waals surface area contributed by atoms with Crippen LogP contribution in [0.25, 0.3) is 0 Å². The molecule has 3 nitrogen and oxygen atoms in total. The van der Waals surface area contributed by atoms with Crippen LogP contribution in [-0.4, -0.2) is 31.7 Å². The van der Waals surface area contributed by atoms with Crippen molar-refractivity contribution in [3.05, 3.63) is 22.3 Å². The van der Waals surface area contributed by atoms with Gasteiger partial charge >= 0.3 is 6.18 Å². The smallest absolute Gasteiger partial charge is 0.355 e. The average Bonchev–Trinajstić information content (AvgIpc) is 2.33. The van der Waals surface area contributed by atoms with Crippen molar-refractivity contribution in [2.75, 3.05) is 31.6 Å². The number of nitrogens with one attached hydrogen (secondary N) is 1. The van der Waals surface area contributed by atoms with Gasteiger partial charge in [-0.15, -0.1) is 0 Å². The number of aromatic nitrogens is 1. The minimum atomic E-state index is -4.41. The van der Waals surface area contributed by atoms with Gasteiger partial charge in [0.05, 0.1) is 5.56 Å². The summed E-state index contributed by atoms with van der Waals surface area (Å²) in [5, 5.41) is 2.94. The molecule has 0 saturated carbocycles. The number of hydrogen-bond acceptors (Lipinski definition) is 3. The van der Waals surface area contributed by atoms with E-state index >= 15 is 0 Å². The predicted octanol–water partition coefficient (Wildman–Crippen LogP) is 3.30. The zero-order valence-corrected chi connectivity index (χ0v) is 12.5. The molecule has 0 aliphatic carbocycles. The summed E-state index contributed by atoms with van der Waals surface area (Å²) >= 11 is 3.04. The number of hydrogen-bond donors (Lipinski definition) is 1. The molecule has 7 heteroatoms. The first-order valence-electron chi connectivity index (χ1n) is 6.02. The molecule has 0 bridgehead atoms. The highest BCUT2D eigenvalue weighted by Gasteiger charge is 2.36. The normalized spacial score (nSPS) is 11.7. The van der Waals surface area contributed by atoms with Crippen LogP contribution in [0.3, 0.4) is 0 Å². The fraction of sp³-hybridized carbons (Fsp3) is 0.583. The van der Waals surface area contributed by atoms with Gasteiger partial charge in [-0.2, -0.15) is 13.2 Å². The van der Waals surface area contributed by atoms with Crippen molar-refractivity contribution in [2.24, 2.45) is 0 Å². The molecule has 0 saturated heterocycles. The molecule has 0 spiro atoms. The van der Waals surface area contributed by atoms with E-state index in [2.05, 4.69) is 26.2 Å². The van der Waals surface area contributed by atoms with Gasteiger partial charge < -0.3 is 10.2 Å². The largest absolute Gasteiger partial charge is 0.419 e. The number of likely N-dealkylation sites (N-methyl/N-ethyl adjacent to an activating group) is 1. The summed E-state index contributed by atoms with van der Waals surface area (Å²) in [5.74, 6) is -0.00667. The van der Waals surface area contributed by atoms with E-state index < -0.39 is 11.7 Å². The number of halogens is 4. The fourth-order valence-electron chi connectivity index (χ4n) is 1.73. The summed E-state index contributed by atoms with van der Waals surface area (Å²) in [6, 6.07) is 1.07. The first kappa shape index (κ1) is 16.2. The van der Waals surface area contributed by atoms with E-state index in [-0.39, 0.29) is 5.82 Å². The Labute approximate surface area is 119 Å². The molecule has 1 N–H and O–H groups in total. The second kappa shape index (κ2) is 7.09. The topological polar surface area (TPSA) is 28.2 Å². The van der Waals surface area contributed by atoms with Crippen molar-refractivity contribution < 1.29 is 13.2 Å². The van der Waals surface area contributed by atoms with E-state index in [1.165, 1.54) is 6.20 Å². The molecular formula is C12H17BrF3N3. The Morgan fingerprint density at radius 3 is 2.58 bits per heavy atom. The average molecular weight is 340 g/mol. The molecule has 0 unspecified atom stereocenters. The maximum absolute atomic E-state index is 13.0. The fourth-order valence-corrected chi connectivity index (χ4v) is 2.06. The molecule has 0 amide bonds. The molecular weight excluding hydrogens is 323 g/mol. The SMILES string of the molecule is CCCN(CCNC)c1ncc(Br)cc1C(F)(F)F. The summed E-state index contributed by atoms with van der Waals surface area (Å²) < 4.78 is 39.5. The van der Waals surface area contributed by atoms with Crippen molar-refractivity contribution in [3.8, 4) is 0 Å². The van der Waals surface area contributed by atoms with Crippen LogP contribution in [0.5, 0.6) is 0 Å². The maximum Gasteiger partial charge on any atom is 0.419 e. The predicted molar refractivity (Wildman–Crippen MR) is 73.4 cm³/mol. The number of anilines is 1. The molecule has 108 valence electrons. The summed E-state index contributed by atoms with van der Waals surface area (Å²) in [4.78, 5) is 5.61. The minimum Gasteiger partial charge on any atom is -0.355 e. The molecule has 0 radical (unpaired) electrons. The van der Waals surface area contributed by atoms with Crippen molar-refractivity contribution in [2.45, 2.75) is 19.5 Å². The van der Waals surface area contributed by atoms with Gasteiger partial charge in [-0.1, -0.05) is 6.92 Å². The summed E-state index contributed by atoms with van der Waals surface area (Å²) in [7, 11) is 1.77. The van der Waals surface area contributed by atoms with E-state index in [1.54, 1.807) is 11.9 Å². The number of rotatable bonds is 6. The van der Waals surface area contributed by atoms with Crippen LogP contribution in [0.1, 0.15) is 18.9 Å². The third-order valence-corrected chi connectivity index (χ3v) is 3.00. The third-order valence-electron chi connectivity index (χ3n) is 2.56. The summed E-state index contributed by atoms with van der Waals surface area (Å²) in [6.45, 7) is 3.56. The highest BCUT2D eigenvalue weighted by Crippen LogP contribution is 2.36. The Balaban J connectivity index is 3.14. The molecule has 1 aromatic heterocycles. The molecule has 0 aromatic carbocycles. The molecule has 1 heterocycles. The minimum absolute atomic E-state index is 0.00667. The molecule has 0 atom stereocenters. The maximum atomic E-state index is 13.0. The lowest BCUT2D eigenvalue weighted by atomic mass is 10.2. The van der Waals surface area contributed by atoms with Gasteiger partial charge in [0.25, 0.3) is 0 Å². The highest BCUT2D eigenvalue weighted by molar-refractivity contribution is 9.10. The molecule has 1 rings (SSSR count). The summed E-state index contributed by atoms with van der Waals surface area (Å²) in [6.07, 6.45) is -2.25. The first-order chi connectivity index (χ1) is 8.90. The van der Waals surface area contributed by atoms with E-state index in [4.69, 9.17) is 0 Å². The van der Waals surface area contributed by atoms with Gasteiger partial charge in [-0.05, 0) is 35.5 Å². The van der Waals surface area contributed by atoms with Crippen molar-refractivity contribution in [1.82, 2.24) is 10.3 Å². The molecule has 1 aromatic rings. The lowest BCUT2D eigenvalue weighted by Gasteiger charge is -2.26. The zero-order valence-electron chi connectivity index (χ0n) is 10.9. The van der Waals surface area contributed by atoms with Crippen LogP contribution < -0.4 is 10.2 Å². The standard InChI is InChI=1S/C12H17BrF3N3/c1-3-5-19(6-4-17-2)11-10(12(14,15)16)7-9(13)8-18-11/h7-8,17H,3-6H2,1-2H3. The molecule has 0 fully saturated rings. The van der Waals surface area contributed by atoms with Crippen molar-refractivity contribution >= 4 is 21.7 Å². The monoisotopic (exact) mass is 339 g/mol. The number of pyridine rings is 1. The van der Waals surface area contributed by atoms with Crippen LogP contribution in [0.4, 0.5) is 19.0 Å².